The Hall–Kier alpha value is -4.21. The lowest BCUT2D eigenvalue weighted by Crippen LogP contribution is -2.51. The van der Waals surface area contributed by atoms with Crippen molar-refractivity contribution in [3.05, 3.63) is 75.5 Å². The standard InChI is InChI=1S/C28H29F6N7O3/c1-44-20-6-4-18(5-7-20)16-41-25(43)21(28(32,33)34)13-22(37-41)23-3-2-8-40(23)17-24(42)38-9-11-39(12-10-38)26-35-14-19(15-36-26)27(29,30)31/h4-7,13-15,23H,2-3,8-12,16-17H2,1H3. The lowest BCUT2D eigenvalue weighted by atomic mass is 10.1. The van der Waals surface area contributed by atoms with Gasteiger partial charge in [0.1, 0.15) is 11.3 Å². The zero-order valence-corrected chi connectivity index (χ0v) is 23.6. The first kappa shape index (κ1) is 31.2. The van der Waals surface area contributed by atoms with Gasteiger partial charge in [-0.15, -0.1) is 0 Å². The third-order valence-electron chi connectivity index (χ3n) is 7.71. The highest BCUT2D eigenvalue weighted by atomic mass is 19.4. The molecule has 0 bridgehead atoms. The number of hydrogen-bond donors (Lipinski definition) is 0. The number of likely N-dealkylation sites (tertiary alicyclic amines) is 1. The van der Waals surface area contributed by atoms with Crippen LogP contribution in [0, 0.1) is 0 Å². The monoisotopic (exact) mass is 625 g/mol. The van der Waals surface area contributed by atoms with E-state index in [1.54, 1.807) is 39.0 Å². The number of nitrogens with zero attached hydrogens (tertiary/aromatic N) is 7. The molecule has 1 unspecified atom stereocenters. The number of anilines is 1. The Balaban J connectivity index is 1.28. The summed E-state index contributed by atoms with van der Waals surface area (Å²) in [7, 11) is 1.48. The van der Waals surface area contributed by atoms with Crippen LogP contribution < -0.4 is 15.2 Å². The van der Waals surface area contributed by atoms with Crippen LogP contribution in [-0.2, 0) is 23.7 Å². The minimum atomic E-state index is -4.90. The molecule has 1 atom stereocenters. The first-order valence-corrected chi connectivity index (χ1v) is 13.8. The molecule has 2 aliphatic rings. The van der Waals surface area contributed by atoms with Gasteiger partial charge in [0, 0.05) is 38.6 Å². The molecule has 10 nitrogen and oxygen atoms in total. The SMILES string of the molecule is COc1ccc(Cn2nc(C3CCCN3CC(=O)N3CCN(c4ncc(C(F)(F)F)cn4)CC3)cc(C(F)(F)F)c2=O)cc1. The largest absolute Gasteiger partial charge is 0.497 e. The lowest BCUT2D eigenvalue weighted by Gasteiger charge is -2.36. The summed E-state index contributed by atoms with van der Waals surface area (Å²) in [6, 6.07) is 6.71. The van der Waals surface area contributed by atoms with E-state index in [2.05, 4.69) is 15.1 Å². The van der Waals surface area contributed by atoms with E-state index in [9.17, 15) is 35.9 Å². The Bertz CT molecular complexity index is 1520. The molecular formula is C28H29F6N7O3. The molecule has 0 radical (unpaired) electrons. The van der Waals surface area contributed by atoms with Gasteiger partial charge in [0.15, 0.2) is 0 Å². The van der Waals surface area contributed by atoms with Crippen LogP contribution in [0.4, 0.5) is 32.3 Å². The molecule has 4 heterocycles. The Morgan fingerprint density at radius 2 is 1.61 bits per heavy atom. The quantitative estimate of drug-likeness (QED) is 0.368. The molecule has 2 aromatic heterocycles. The Morgan fingerprint density at radius 1 is 0.955 bits per heavy atom. The summed E-state index contributed by atoms with van der Waals surface area (Å²) >= 11 is 0. The summed E-state index contributed by atoms with van der Waals surface area (Å²) in [5, 5.41) is 4.32. The molecule has 5 rings (SSSR count). The highest BCUT2D eigenvalue weighted by molar-refractivity contribution is 5.78. The fourth-order valence-corrected chi connectivity index (χ4v) is 5.35. The minimum absolute atomic E-state index is 0.0556. The highest BCUT2D eigenvalue weighted by Gasteiger charge is 2.38. The van der Waals surface area contributed by atoms with Crippen LogP contribution in [0.5, 0.6) is 5.75 Å². The van der Waals surface area contributed by atoms with Gasteiger partial charge in [0.05, 0.1) is 37.5 Å². The summed E-state index contributed by atoms with van der Waals surface area (Å²) in [6.07, 6.45) is -6.94. The molecule has 0 saturated carbocycles. The van der Waals surface area contributed by atoms with Gasteiger partial charge in [-0.3, -0.25) is 14.5 Å². The number of alkyl halides is 6. The predicted molar refractivity (Wildman–Crippen MR) is 145 cm³/mol. The van der Waals surface area contributed by atoms with Crippen LogP contribution in [0.2, 0.25) is 0 Å². The highest BCUT2D eigenvalue weighted by Crippen LogP contribution is 2.34. The van der Waals surface area contributed by atoms with Crippen molar-refractivity contribution in [1.29, 1.82) is 0 Å². The molecule has 2 aliphatic heterocycles. The number of aromatic nitrogens is 4. The Labute approximate surface area is 247 Å². The predicted octanol–water partition coefficient (Wildman–Crippen LogP) is 3.61. The van der Waals surface area contributed by atoms with Crippen LogP contribution in [0.1, 0.15) is 41.3 Å². The van der Waals surface area contributed by atoms with E-state index in [-0.39, 0.29) is 43.7 Å². The molecule has 44 heavy (non-hydrogen) atoms. The van der Waals surface area contributed by atoms with Crippen LogP contribution >= 0.6 is 0 Å². The Kier molecular flexibility index (Phi) is 8.81. The van der Waals surface area contributed by atoms with E-state index in [0.717, 1.165) is 10.7 Å². The van der Waals surface area contributed by atoms with Crippen molar-refractivity contribution in [2.24, 2.45) is 0 Å². The van der Waals surface area contributed by atoms with Gasteiger partial charge >= 0.3 is 12.4 Å². The van der Waals surface area contributed by atoms with E-state index in [1.807, 2.05) is 0 Å². The van der Waals surface area contributed by atoms with Gasteiger partial charge < -0.3 is 14.5 Å². The maximum atomic E-state index is 13.9. The number of rotatable bonds is 7. The third kappa shape index (κ3) is 6.95. The van der Waals surface area contributed by atoms with Crippen LogP contribution in [0.25, 0.3) is 0 Å². The summed E-state index contributed by atoms with van der Waals surface area (Å²) in [6.45, 7) is 1.34. The number of methoxy groups -OCH3 is 1. The summed E-state index contributed by atoms with van der Waals surface area (Å²) in [5.41, 5.74) is -2.92. The van der Waals surface area contributed by atoms with Crippen molar-refractivity contribution in [2.75, 3.05) is 51.3 Å². The summed E-state index contributed by atoms with van der Waals surface area (Å²) in [5.74, 6) is 0.438. The van der Waals surface area contributed by atoms with Gasteiger partial charge in [0.25, 0.3) is 5.56 Å². The summed E-state index contributed by atoms with van der Waals surface area (Å²) < 4.78 is 86.1. The number of halogens is 6. The molecule has 0 N–H and O–H groups in total. The van der Waals surface area contributed by atoms with Crippen molar-refractivity contribution in [3.63, 3.8) is 0 Å². The third-order valence-corrected chi connectivity index (χ3v) is 7.71. The van der Waals surface area contributed by atoms with Gasteiger partial charge in [0.2, 0.25) is 11.9 Å². The number of amides is 1. The number of ether oxygens (including phenoxy) is 1. The van der Waals surface area contributed by atoms with Crippen molar-refractivity contribution in [1.82, 2.24) is 29.5 Å². The maximum Gasteiger partial charge on any atom is 0.421 e. The van der Waals surface area contributed by atoms with Crippen LogP contribution in [0.3, 0.4) is 0 Å². The second-order valence-electron chi connectivity index (χ2n) is 10.6. The molecule has 0 spiro atoms. The van der Waals surface area contributed by atoms with Crippen molar-refractivity contribution >= 4 is 11.9 Å². The van der Waals surface area contributed by atoms with Gasteiger partial charge in [-0.25, -0.2) is 14.6 Å². The molecule has 2 fully saturated rings. The number of carbonyl (C=O) groups is 1. The second kappa shape index (κ2) is 12.4. The molecule has 236 valence electrons. The van der Waals surface area contributed by atoms with E-state index >= 15 is 0 Å². The molecule has 16 heteroatoms. The molecule has 2 saturated heterocycles. The fourth-order valence-electron chi connectivity index (χ4n) is 5.35. The normalized spacial score (nSPS) is 18.1. The van der Waals surface area contributed by atoms with E-state index in [1.165, 1.54) is 7.11 Å². The maximum absolute atomic E-state index is 13.9. The zero-order chi connectivity index (χ0) is 31.6. The molecule has 0 aliphatic carbocycles. The zero-order valence-electron chi connectivity index (χ0n) is 23.6. The first-order chi connectivity index (χ1) is 20.8. The van der Waals surface area contributed by atoms with Crippen molar-refractivity contribution < 1.29 is 35.9 Å². The second-order valence-corrected chi connectivity index (χ2v) is 10.6. The van der Waals surface area contributed by atoms with E-state index in [4.69, 9.17) is 4.74 Å². The molecule has 1 amide bonds. The first-order valence-electron chi connectivity index (χ1n) is 13.8. The van der Waals surface area contributed by atoms with Gasteiger partial charge in [-0.1, -0.05) is 12.1 Å². The lowest BCUT2D eigenvalue weighted by molar-refractivity contribution is -0.139. The fraction of sp³-hybridized carbons (Fsp3) is 0.464. The van der Waals surface area contributed by atoms with E-state index in [0.29, 0.717) is 56.2 Å². The average Bonchev–Trinajstić information content (AvgIpc) is 3.45. The average molecular weight is 626 g/mol. The summed E-state index contributed by atoms with van der Waals surface area (Å²) in [4.78, 5) is 38.6. The molecule has 1 aromatic carbocycles. The number of benzene rings is 1. The van der Waals surface area contributed by atoms with Gasteiger partial charge in [-0.2, -0.15) is 31.4 Å². The van der Waals surface area contributed by atoms with Crippen molar-refractivity contribution in [3.8, 4) is 5.75 Å². The minimum Gasteiger partial charge on any atom is -0.497 e. The van der Waals surface area contributed by atoms with E-state index < -0.39 is 35.1 Å². The molecule has 3 aromatic rings. The van der Waals surface area contributed by atoms with Gasteiger partial charge in [-0.05, 0) is 43.1 Å². The number of carbonyl (C=O) groups excluding carboxylic acids is 1. The van der Waals surface area contributed by atoms with Crippen LogP contribution in [-0.4, -0.2) is 81.8 Å². The van der Waals surface area contributed by atoms with Crippen molar-refractivity contribution in [2.45, 2.75) is 37.8 Å². The molecular weight excluding hydrogens is 596 g/mol. The van der Waals surface area contributed by atoms with Crippen LogP contribution in [0.15, 0.2) is 47.5 Å². The number of piperazine rings is 1. The topological polar surface area (TPSA) is 96.7 Å². The Morgan fingerprint density at radius 3 is 2.20 bits per heavy atom. The number of hydrogen-bond acceptors (Lipinski definition) is 8. The smallest absolute Gasteiger partial charge is 0.421 e.